The molecule has 0 saturated carbocycles. The fourth-order valence-electron chi connectivity index (χ4n) is 1.73. The molecule has 0 aliphatic carbocycles. The zero-order valence-corrected chi connectivity index (χ0v) is 10.2. The summed E-state index contributed by atoms with van der Waals surface area (Å²) in [5.41, 5.74) is 1.04. The number of aromatic nitrogens is 2. The molecule has 0 aliphatic rings. The SMILES string of the molecule is CNc1cc(Cn2cnccc2=O)ccc1[N+](=O)[O-]. The molecule has 0 fully saturated rings. The van der Waals surface area contributed by atoms with Gasteiger partial charge >= 0.3 is 0 Å². The minimum atomic E-state index is -0.453. The number of anilines is 1. The maximum atomic E-state index is 11.6. The lowest BCUT2D eigenvalue weighted by Gasteiger charge is -2.07. The molecule has 0 amide bonds. The Balaban J connectivity index is 2.35. The zero-order chi connectivity index (χ0) is 13.8. The Hall–Kier alpha value is -2.70. The molecular weight excluding hydrogens is 248 g/mol. The summed E-state index contributed by atoms with van der Waals surface area (Å²) in [5, 5.41) is 13.6. The van der Waals surface area contributed by atoms with E-state index in [1.165, 1.54) is 29.2 Å². The van der Waals surface area contributed by atoms with Gasteiger partial charge in [-0.1, -0.05) is 6.07 Å². The van der Waals surface area contributed by atoms with Crippen LogP contribution in [0.2, 0.25) is 0 Å². The van der Waals surface area contributed by atoms with Crippen LogP contribution in [0.1, 0.15) is 5.56 Å². The standard InChI is InChI=1S/C12H12N4O3/c1-13-10-6-9(2-3-11(10)16(18)19)7-15-8-14-5-4-12(15)17/h2-6,8,13H,7H2,1H3. The third-order valence-corrected chi connectivity index (χ3v) is 2.67. The molecule has 1 N–H and O–H groups in total. The maximum absolute atomic E-state index is 11.6. The lowest BCUT2D eigenvalue weighted by molar-refractivity contribution is -0.383. The van der Waals surface area contributed by atoms with Crippen molar-refractivity contribution in [1.29, 1.82) is 0 Å². The van der Waals surface area contributed by atoms with E-state index in [0.29, 0.717) is 12.2 Å². The van der Waals surface area contributed by atoms with Crippen molar-refractivity contribution in [1.82, 2.24) is 9.55 Å². The number of nitro groups is 1. The van der Waals surface area contributed by atoms with Crippen LogP contribution in [0, 0.1) is 10.1 Å². The van der Waals surface area contributed by atoms with Crippen molar-refractivity contribution < 1.29 is 4.92 Å². The van der Waals surface area contributed by atoms with Crippen molar-refractivity contribution in [2.75, 3.05) is 12.4 Å². The quantitative estimate of drug-likeness (QED) is 0.659. The monoisotopic (exact) mass is 260 g/mol. The predicted octanol–water partition coefficient (Wildman–Crippen LogP) is 1.24. The highest BCUT2D eigenvalue weighted by atomic mass is 16.6. The van der Waals surface area contributed by atoms with Crippen LogP contribution in [0.3, 0.4) is 0 Å². The average Bonchev–Trinajstić information content (AvgIpc) is 2.41. The van der Waals surface area contributed by atoms with Crippen LogP contribution in [0.4, 0.5) is 11.4 Å². The molecule has 0 radical (unpaired) electrons. The van der Waals surface area contributed by atoms with Gasteiger partial charge in [-0.15, -0.1) is 0 Å². The second-order valence-corrected chi connectivity index (χ2v) is 3.91. The minimum Gasteiger partial charge on any atom is -0.383 e. The van der Waals surface area contributed by atoms with E-state index in [4.69, 9.17) is 0 Å². The molecule has 7 heteroatoms. The molecule has 98 valence electrons. The first-order valence-corrected chi connectivity index (χ1v) is 5.57. The minimum absolute atomic E-state index is 0.00443. The Kier molecular flexibility index (Phi) is 3.56. The van der Waals surface area contributed by atoms with Gasteiger partial charge in [-0.25, -0.2) is 4.98 Å². The lowest BCUT2D eigenvalue weighted by atomic mass is 10.1. The van der Waals surface area contributed by atoms with Crippen LogP contribution >= 0.6 is 0 Å². The van der Waals surface area contributed by atoms with E-state index >= 15 is 0 Å². The van der Waals surface area contributed by atoms with E-state index in [2.05, 4.69) is 10.3 Å². The second kappa shape index (κ2) is 5.30. The van der Waals surface area contributed by atoms with Crippen molar-refractivity contribution >= 4 is 11.4 Å². The Bertz CT molecular complexity index is 666. The van der Waals surface area contributed by atoms with Crippen molar-refractivity contribution in [3.63, 3.8) is 0 Å². The first-order chi connectivity index (χ1) is 9.11. The highest BCUT2D eigenvalue weighted by Crippen LogP contribution is 2.25. The molecule has 0 aliphatic heterocycles. The fraction of sp³-hybridized carbons (Fsp3) is 0.167. The van der Waals surface area contributed by atoms with E-state index < -0.39 is 4.92 Å². The van der Waals surface area contributed by atoms with Crippen LogP contribution in [0.25, 0.3) is 0 Å². The molecule has 1 aromatic carbocycles. The molecule has 2 rings (SSSR count). The number of nitrogens with zero attached hydrogens (tertiary/aromatic N) is 3. The molecule has 0 unspecified atom stereocenters. The molecule has 7 nitrogen and oxygen atoms in total. The first-order valence-electron chi connectivity index (χ1n) is 5.57. The summed E-state index contributed by atoms with van der Waals surface area (Å²) in [7, 11) is 1.61. The Morgan fingerprint density at radius 2 is 2.21 bits per heavy atom. The van der Waals surface area contributed by atoms with Crippen molar-refractivity contribution in [2.24, 2.45) is 0 Å². The molecule has 0 saturated heterocycles. The number of nitro benzene ring substituents is 1. The first kappa shape index (κ1) is 12.7. The third-order valence-electron chi connectivity index (χ3n) is 2.67. The molecule has 0 spiro atoms. The number of nitrogens with one attached hydrogen (secondary N) is 1. The van der Waals surface area contributed by atoms with Crippen LogP contribution in [-0.2, 0) is 6.54 Å². The van der Waals surface area contributed by atoms with Gasteiger partial charge in [0.05, 0.1) is 17.8 Å². The number of rotatable bonds is 4. The summed E-state index contributed by atoms with van der Waals surface area (Å²) < 4.78 is 1.43. The van der Waals surface area contributed by atoms with Gasteiger partial charge in [-0.3, -0.25) is 19.5 Å². The van der Waals surface area contributed by atoms with Crippen molar-refractivity contribution in [3.05, 3.63) is 62.8 Å². The van der Waals surface area contributed by atoms with Gasteiger partial charge in [-0.05, 0) is 11.6 Å². The van der Waals surface area contributed by atoms with Crippen molar-refractivity contribution in [2.45, 2.75) is 6.54 Å². The van der Waals surface area contributed by atoms with Crippen molar-refractivity contribution in [3.8, 4) is 0 Å². The van der Waals surface area contributed by atoms with E-state index in [-0.39, 0.29) is 11.2 Å². The fourth-order valence-corrected chi connectivity index (χ4v) is 1.73. The second-order valence-electron chi connectivity index (χ2n) is 3.91. The molecule has 2 aromatic rings. The lowest BCUT2D eigenvalue weighted by Crippen LogP contribution is -2.19. The normalized spacial score (nSPS) is 10.2. The highest BCUT2D eigenvalue weighted by Gasteiger charge is 2.12. The molecule has 1 heterocycles. The largest absolute Gasteiger partial charge is 0.383 e. The Labute approximate surface area is 108 Å². The molecule has 0 bridgehead atoms. The van der Waals surface area contributed by atoms with Crippen LogP contribution in [0.5, 0.6) is 0 Å². The summed E-state index contributed by atoms with van der Waals surface area (Å²) in [6.07, 6.45) is 2.86. The van der Waals surface area contributed by atoms with Gasteiger partial charge in [0.1, 0.15) is 5.69 Å². The zero-order valence-electron chi connectivity index (χ0n) is 10.2. The van der Waals surface area contributed by atoms with E-state index in [1.807, 2.05) is 0 Å². The van der Waals surface area contributed by atoms with E-state index in [0.717, 1.165) is 5.56 Å². The van der Waals surface area contributed by atoms with E-state index in [9.17, 15) is 14.9 Å². The predicted molar refractivity (Wildman–Crippen MR) is 70.2 cm³/mol. The van der Waals surface area contributed by atoms with Gasteiger partial charge in [0.2, 0.25) is 0 Å². The number of hydrogen-bond donors (Lipinski definition) is 1. The molecule has 1 aromatic heterocycles. The molecule has 0 atom stereocenters. The smallest absolute Gasteiger partial charge is 0.292 e. The number of benzene rings is 1. The molecule has 19 heavy (non-hydrogen) atoms. The summed E-state index contributed by atoms with van der Waals surface area (Å²) in [6.45, 7) is 0.319. The maximum Gasteiger partial charge on any atom is 0.292 e. The van der Waals surface area contributed by atoms with Gasteiger partial charge in [0.15, 0.2) is 0 Å². The van der Waals surface area contributed by atoms with Gasteiger partial charge in [-0.2, -0.15) is 0 Å². The van der Waals surface area contributed by atoms with E-state index in [1.54, 1.807) is 19.2 Å². The summed E-state index contributed by atoms with van der Waals surface area (Å²) in [6, 6.07) is 6.06. The topological polar surface area (TPSA) is 90.1 Å². The van der Waals surface area contributed by atoms with Crippen LogP contribution < -0.4 is 10.9 Å². The Morgan fingerprint density at radius 1 is 1.42 bits per heavy atom. The average molecular weight is 260 g/mol. The number of hydrogen-bond acceptors (Lipinski definition) is 5. The third kappa shape index (κ3) is 2.76. The van der Waals surface area contributed by atoms with Gasteiger partial charge in [0, 0.05) is 25.4 Å². The van der Waals surface area contributed by atoms with Gasteiger partial charge in [0.25, 0.3) is 11.2 Å². The summed E-state index contributed by atoms with van der Waals surface area (Å²) in [5.74, 6) is 0. The van der Waals surface area contributed by atoms with Crippen LogP contribution in [-0.4, -0.2) is 21.5 Å². The van der Waals surface area contributed by atoms with Crippen LogP contribution in [0.15, 0.2) is 41.6 Å². The van der Waals surface area contributed by atoms with Gasteiger partial charge < -0.3 is 5.32 Å². The highest BCUT2D eigenvalue weighted by molar-refractivity contribution is 5.62. The Morgan fingerprint density at radius 3 is 2.84 bits per heavy atom. The summed E-state index contributed by atoms with van der Waals surface area (Å²) >= 11 is 0. The molecular formula is C12H12N4O3. The summed E-state index contributed by atoms with van der Waals surface area (Å²) in [4.78, 5) is 25.8.